The van der Waals surface area contributed by atoms with E-state index >= 15 is 0 Å². The van der Waals surface area contributed by atoms with Gasteiger partial charge in [0.1, 0.15) is 17.7 Å². The fraction of sp³-hybridized carbons (Fsp3) is 0.560. The number of carbonyl (C=O) groups is 3. The van der Waals surface area contributed by atoms with Crippen LogP contribution in [0.3, 0.4) is 0 Å². The molecular formula is C25H31N9O4. The van der Waals surface area contributed by atoms with Crippen LogP contribution in [0.15, 0.2) is 24.3 Å². The lowest BCUT2D eigenvalue weighted by atomic mass is 10.1. The third-order valence-corrected chi connectivity index (χ3v) is 7.12. The van der Waals surface area contributed by atoms with Crippen LogP contribution in [-0.4, -0.2) is 97.7 Å². The fourth-order valence-corrected chi connectivity index (χ4v) is 5.57. The predicted octanol–water partition coefficient (Wildman–Crippen LogP) is 1.06. The predicted molar refractivity (Wildman–Crippen MR) is 134 cm³/mol. The van der Waals surface area contributed by atoms with Crippen LogP contribution in [0.1, 0.15) is 40.0 Å². The van der Waals surface area contributed by atoms with Crippen molar-refractivity contribution in [3.8, 4) is 17.5 Å². The largest absolute Gasteiger partial charge is 0.444 e. The van der Waals surface area contributed by atoms with Gasteiger partial charge in [0.2, 0.25) is 11.8 Å². The molecule has 5 rings (SSSR count). The fourth-order valence-electron chi connectivity index (χ4n) is 5.57. The number of hydrogen-bond acceptors (Lipinski definition) is 9. The molecule has 0 saturated carbocycles. The van der Waals surface area contributed by atoms with Gasteiger partial charge in [-0.2, -0.15) is 5.26 Å². The second kappa shape index (κ2) is 10.0. The highest BCUT2D eigenvalue weighted by Gasteiger charge is 2.51. The number of alkyl carbamates (subject to hydrolysis) is 1. The average Bonchev–Trinajstić information content (AvgIpc) is 3.66. The number of aromatic nitrogens is 4. The minimum absolute atomic E-state index is 0.0827. The third-order valence-electron chi connectivity index (χ3n) is 7.12. The van der Waals surface area contributed by atoms with E-state index in [-0.39, 0.29) is 24.4 Å². The summed E-state index contributed by atoms with van der Waals surface area (Å²) in [5, 5.41) is 26.3. The number of fused-ring (bicyclic) bond motifs is 2. The Morgan fingerprint density at radius 2 is 2.11 bits per heavy atom. The number of tetrazole rings is 1. The number of rotatable bonds is 6. The summed E-state index contributed by atoms with van der Waals surface area (Å²) >= 11 is 0. The van der Waals surface area contributed by atoms with E-state index in [1.165, 1.54) is 4.90 Å². The van der Waals surface area contributed by atoms with Crippen LogP contribution in [0.25, 0.3) is 11.4 Å². The minimum atomic E-state index is -0.952. The maximum atomic E-state index is 13.6. The molecule has 4 atom stereocenters. The molecule has 4 heterocycles. The summed E-state index contributed by atoms with van der Waals surface area (Å²) in [5.74, 6) is 0.0498. The number of carbonyl (C=O) groups excluding carboxylic acids is 3. The highest BCUT2D eigenvalue weighted by Crippen LogP contribution is 2.39. The van der Waals surface area contributed by atoms with Gasteiger partial charge in [0, 0.05) is 25.2 Å². The van der Waals surface area contributed by atoms with Crippen molar-refractivity contribution in [2.75, 3.05) is 24.5 Å². The number of amides is 3. The van der Waals surface area contributed by atoms with E-state index in [0.717, 1.165) is 17.7 Å². The Hall–Kier alpha value is -4.05. The van der Waals surface area contributed by atoms with Crippen molar-refractivity contribution in [1.29, 1.82) is 5.26 Å². The van der Waals surface area contributed by atoms with E-state index in [4.69, 9.17) is 4.74 Å². The van der Waals surface area contributed by atoms with Crippen LogP contribution in [0, 0.1) is 11.3 Å². The Kier molecular flexibility index (Phi) is 6.75. The normalized spacial score (nSPS) is 23.9. The molecule has 3 aliphatic rings. The van der Waals surface area contributed by atoms with E-state index in [0.29, 0.717) is 31.8 Å². The molecule has 0 spiro atoms. The van der Waals surface area contributed by atoms with Crippen molar-refractivity contribution < 1.29 is 19.1 Å². The molecule has 38 heavy (non-hydrogen) atoms. The Morgan fingerprint density at radius 1 is 1.32 bits per heavy atom. The Morgan fingerprint density at radius 3 is 2.79 bits per heavy atom. The minimum Gasteiger partial charge on any atom is -0.444 e. The number of hydrogen-bond donors (Lipinski definition) is 2. The number of H-pyrrole nitrogens is 1. The number of anilines is 1. The number of aromatic amines is 1. The number of nitrogens with one attached hydrogen (secondary N) is 2. The van der Waals surface area contributed by atoms with Gasteiger partial charge in [0.25, 0.3) is 0 Å². The SMILES string of the molecule is CC(C)(C)OC(=O)NC(CN1C[C@@H]2CC1C(=O)N2c1ccccc1-c1nnn[nH]1)C(=O)N1CCCC1C#N. The molecule has 13 nitrogen and oxygen atoms in total. The van der Waals surface area contributed by atoms with Gasteiger partial charge in [0.15, 0.2) is 5.82 Å². The van der Waals surface area contributed by atoms with Crippen LogP contribution in [0.2, 0.25) is 0 Å². The molecule has 3 saturated heterocycles. The molecule has 3 fully saturated rings. The van der Waals surface area contributed by atoms with E-state index in [2.05, 4.69) is 32.0 Å². The van der Waals surface area contributed by atoms with Crippen molar-refractivity contribution in [3.05, 3.63) is 24.3 Å². The summed E-state index contributed by atoms with van der Waals surface area (Å²) in [5.41, 5.74) is 0.702. The van der Waals surface area contributed by atoms with Gasteiger partial charge in [-0.3, -0.25) is 14.5 Å². The van der Waals surface area contributed by atoms with Gasteiger partial charge < -0.3 is 19.9 Å². The summed E-state index contributed by atoms with van der Waals surface area (Å²) in [7, 11) is 0. The van der Waals surface area contributed by atoms with Gasteiger partial charge in [0.05, 0.1) is 23.8 Å². The van der Waals surface area contributed by atoms with Gasteiger partial charge in [-0.15, -0.1) is 5.10 Å². The number of benzene rings is 1. The van der Waals surface area contributed by atoms with Crippen LogP contribution in [-0.2, 0) is 14.3 Å². The Bertz CT molecular complexity index is 1250. The molecule has 200 valence electrons. The smallest absolute Gasteiger partial charge is 0.408 e. The zero-order chi connectivity index (χ0) is 27.0. The van der Waals surface area contributed by atoms with Gasteiger partial charge in [-0.25, -0.2) is 9.89 Å². The lowest BCUT2D eigenvalue weighted by Gasteiger charge is -2.37. The van der Waals surface area contributed by atoms with Crippen LogP contribution in [0.4, 0.5) is 10.5 Å². The van der Waals surface area contributed by atoms with E-state index < -0.39 is 29.8 Å². The quantitative estimate of drug-likeness (QED) is 0.566. The number of nitriles is 1. The molecule has 3 amide bonds. The second-order valence-corrected chi connectivity index (χ2v) is 10.9. The number of para-hydroxylation sites is 1. The van der Waals surface area contributed by atoms with Crippen LogP contribution >= 0.6 is 0 Å². The second-order valence-electron chi connectivity index (χ2n) is 10.9. The maximum absolute atomic E-state index is 13.6. The molecule has 3 unspecified atom stereocenters. The maximum Gasteiger partial charge on any atom is 0.408 e. The molecule has 1 aromatic heterocycles. The molecule has 2 bridgehead atoms. The topological polar surface area (TPSA) is 160 Å². The Balaban J connectivity index is 1.34. The van der Waals surface area contributed by atoms with Crippen molar-refractivity contribution in [3.63, 3.8) is 0 Å². The zero-order valence-corrected chi connectivity index (χ0v) is 21.6. The third kappa shape index (κ3) is 4.91. The van der Waals surface area contributed by atoms with E-state index in [1.54, 1.807) is 25.7 Å². The van der Waals surface area contributed by atoms with Crippen molar-refractivity contribution >= 4 is 23.6 Å². The lowest BCUT2D eigenvalue weighted by molar-refractivity contribution is -0.135. The molecule has 1 aromatic carbocycles. The Labute approximate surface area is 220 Å². The molecule has 0 radical (unpaired) electrons. The van der Waals surface area contributed by atoms with Gasteiger partial charge in [-0.05, 0) is 62.6 Å². The molecule has 0 aliphatic carbocycles. The number of nitrogens with zero attached hydrogens (tertiary/aromatic N) is 7. The van der Waals surface area contributed by atoms with E-state index in [1.807, 2.05) is 29.2 Å². The summed E-state index contributed by atoms with van der Waals surface area (Å²) < 4.78 is 5.41. The van der Waals surface area contributed by atoms with Crippen molar-refractivity contribution in [2.45, 2.75) is 69.8 Å². The molecule has 3 aliphatic heterocycles. The first-order chi connectivity index (χ1) is 18.2. The van der Waals surface area contributed by atoms with Gasteiger partial charge >= 0.3 is 6.09 Å². The monoisotopic (exact) mass is 521 g/mol. The summed E-state index contributed by atoms with van der Waals surface area (Å²) in [6.07, 6.45) is 1.21. The van der Waals surface area contributed by atoms with E-state index in [9.17, 15) is 19.6 Å². The standard InChI is InChI=1S/C25H31N9O4/c1-25(2,3)38-24(37)27-18(22(35)33-10-6-7-15(33)12-26)14-32-13-16-11-20(32)23(36)34(16)19-9-5-4-8-17(19)21-28-30-31-29-21/h4-5,8-9,15-16,18,20H,6-7,10-11,13-14H2,1-3H3,(H,27,37)(H,28,29,30,31)/t15?,16-,18?,20?/m0/s1. The summed E-state index contributed by atoms with van der Waals surface area (Å²) in [6, 6.07) is 7.59. The van der Waals surface area contributed by atoms with Crippen LogP contribution < -0.4 is 10.2 Å². The average molecular weight is 522 g/mol. The molecule has 2 aromatic rings. The zero-order valence-electron chi connectivity index (χ0n) is 21.6. The van der Waals surface area contributed by atoms with Crippen molar-refractivity contribution in [2.24, 2.45) is 0 Å². The molecule has 13 heteroatoms. The first-order valence-corrected chi connectivity index (χ1v) is 12.8. The first-order valence-electron chi connectivity index (χ1n) is 12.8. The van der Waals surface area contributed by atoms with Crippen LogP contribution in [0.5, 0.6) is 0 Å². The molecular weight excluding hydrogens is 490 g/mol. The lowest BCUT2D eigenvalue weighted by Crippen LogP contribution is -2.59. The number of ether oxygens (including phenoxy) is 1. The first kappa shape index (κ1) is 25.6. The summed E-state index contributed by atoms with van der Waals surface area (Å²) in [4.78, 5) is 45.0. The number of piperazine rings is 1. The summed E-state index contributed by atoms with van der Waals surface area (Å²) in [6.45, 7) is 6.36. The molecule has 2 N–H and O–H groups in total. The highest BCUT2D eigenvalue weighted by atomic mass is 16.6. The highest BCUT2D eigenvalue weighted by molar-refractivity contribution is 6.04. The van der Waals surface area contributed by atoms with Gasteiger partial charge in [-0.1, -0.05) is 12.1 Å². The number of likely N-dealkylation sites (tertiary alicyclic amines) is 2. The van der Waals surface area contributed by atoms with Crippen molar-refractivity contribution in [1.82, 2.24) is 35.7 Å².